The lowest BCUT2D eigenvalue weighted by molar-refractivity contribution is -0.154. The first kappa shape index (κ1) is 7.23. The molecule has 1 aliphatic rings. The molecule has 5 nitrogen and oxygen atoms in total. The molecule has 0 aromatic heterocycles. The summed E-state index contributed by atoms with van der Waals surface area (Å²) in [5.74, 6) is -1.86. The minimum atomic E-state index is -1.38. The number of aliphatic carboxylic acids is 1. The highest BCUT2D eigenvalue weighted by Crippen LogP contribution is 1.99. The quantitative estimate of drug-likeness (QED) is 0.360. The predicted molar refractivity (Wildman–Crippen MR) is 29.2 cm³/mol. The van der Waals surface area contributed by atoms with Crippen LogP contribution in [-0.4, -0.2) is 37.3 Å². The molecule has 10 heavy (non-hydrogen) atoms. The first-order chi connectivity index (χ1) is 4.72. The Hall–Kier alpha value is -0.875. The Morgan fingerprint density at radius 3 is 2.90 bits per heavy atom. The van der Waals surface area contributed by atoms with Crippen LogP contribution >= 0.6 is 0 Å². The standard InChI is InChI=1S/C4H4BO5/c6-2-1-9-5-10-3(2)4(7)8/h3H,1H2,(H,7,8). The lowest BCUT2D eigenvalue weighted by atomic mass is 10.2. The molecule has 1 rings (SSSR count). The highest BCUT2D eigenvalue weighted by atomic mass is 16.6. The Morgan fingerprint density at radius 1 is 1.80 bits per heavy atom. The topological polar surface area (TPSA) is 72.8 Å². The molecule has 0 aromatic rings. The fourth-order valence-corrected chi connectivity index (χ4v) is 0.558. The molecule has 0 aromatic carbocycles. The Bertz CT molecular complexity index is 167. The van der Waals surface area contributed by atoms with Crippen LogP contribution in [-0.2, 0) is 18.9 Å². The fraction of sp³-hybridized carbons (Fsp3) is 0.500. The smallest absolute Gasteiger partial charge is 0.479 e. The Morgan fingerprint density at radius 2 is 2.50 bits per heavy atom. The van der Waals surface area contributed by atoms with Gasteiger partial charge in [-0.3, -0.25) is 4.79 Å². The molecule has 1 radical (unpaired) electrons. The van der Waals surface area contributed by atoms with Gasteiger partial charge in [0.1, 0.15) is 0 Å². The summed E-state index contributed by atoms with van der Waals surface area (Å²) in [5.41, 5.74) is 0. The number of ketones is 1. The zero-order chi connectivity index (χ0) is 7.56. The van der Waals surface area contributed by atoms with E-state index in [-0.39, 0.29) is 6.61 Å². The van der Waals surface area contributed by atoms with E-state index >= 15 is 0 Å². The van der Waals surface area contributed by atoms with Crippen LogP contribution in [0, 0.1) is 0 Å². The van der Waals surface area contributed by atoms with E-state index < -0.39 is 17.9 Å². The van der Waals surface area contributed by atoms with Crippen LogP contribution < -0.4 is 0 Å². The van der Waals surface area contributed by atoms with E-state index in [0.717, 1.165) is 7.69 Å². The second-order valence-corrected chi connectivity index (χ2v) is 1.73. The van der Waals surface area contributed by atoms with Gasteiger partial charge in [-0.2, -0.15) is 0 Å². The summed E-state index contributed by atoms with van der Waals surface area (Å²) in [5, 5.41) is 8.29. The van der Waals surface area contributed by atoms with Gasteiger partial charge in [0.05, 0.1) is 6.61 Å². The summed E-state index contributed by atoms with van der Waals surface area (Å²) in [6.45, 7) is -0.225. The Kier molecular flexibility index (Phi) is 2.03. The van der Waals surface area contributed by atoms with E-state index in [0.29, 0.717) is 0 Å². The molecule has 1 fully saturated rings. The molecule has 1 heterocycles. The number of hydrogen-bond acceptors (Lipinski definition) is 4. The number of hydrogen-bond donors (Lipinski definition) is 1. The lowest BCUT2D eigenvalue weighted by Crippen LogP contribution is -2.41. The van der Waals surface area contributed by atoms with Crippen LogP contribution in [0.2, 0.25) is 0 Å². The summed E-state index contributed by atoms with van der Waals surface area (Å²) >= 11 is 0. The van der Waals surface area contributed by atoms with Gasteiger partial charge in [0.2, 0.25) is 6.10 Å². The van der Waals surface area contributed by atoms with Crippen molar-refractivity contribution >= 4 is 19.4 Å². The molecule has 1 aliphatic heterocycles. The molecule has 6 heteroatoms. The van der Waals surface area contributed by atoms with Gasteiger partial charge < -0.3 is 14.4 Å². The fourth-order valence-electron chi connectivity index (χ4n) is 0.558. The van der Waals surface area contributed by atoms with Crippen LogP contribution in [0.5, 0.6) is 0 Å². The maximum Gasteiger partial charge on any atom is 0.489 e. The molecular weight excluding hydrogens is 139 g/mol. The van der Waals surface area contributed by atoms with Gasteiger partial charge in [0, 0.05) is 0 Å². The van der Waals surface area contributed by atoms with E-state index in [1.165, 1.54) is 0 Å². The third-order valence-corrected chi connectivity index (χ3v) is 1.00. The molecule has 0 saturated carbocycles. The van der Waals surface area contributed by atoms with Crippen molar-refractivity contribution in [1.82, 2.24) is 0 Å². The third kappa shape index (κ3) is 1.34. The molecule has 0 aliphatic carbocycles. The van der Waals surface area contributed by atoms with Gasteiger partial charge in [0.15, 0.2) is 5.78 Å². The van der Waals surface area contributed by atoms with Gasteiger partial charge in [-0.05, 0) is 0 Å². The minimum absolute atomic E-state index is 0.225. The molecule has 1 N–H and O–H groups in total. The van der Waals surface area contributed by atoms with E-state index in [9.17, 15) is 9.59 Å². The van der Waals surface area contributed by atoms with Crippen LogP contribution in [0.25, 0.3) is 0 Å². The Labute approximate surface area is 57.2 Å². The minimum Gasteiger partial charge on any atom is -0.479 e. The molecule has 0 bridgehead atoms. The molecular formula is C4H4BO5. The molecule has 0 spiro atoms. The van der Waals surface area contributed by atoms with Crippen molar-refractivity contribution in [1.29, 1.82) is 0 Å². The summed E-state index contributed by atoms with van der Waals surface area (Å²) in [4.78, 5) is 20.7. The second-order valence-electron chi connectivity index (χ2n) is 1.73. The average Bonchev–Trinajstić information content (AvgIpc) is 1.88. The average molecular weight is 143 g/mol. The van der Waals surface area contributed by atoms with Crippen molar-refractivity contribution in [2.24, 2.45) is 0 Å². The Balaban J connectivity index is 2.56. The molecule has 1 atom stereocenters. The van der Waals surface area contributed by atoms with Crippen LogP contribution in [0.4, 0.5) is 0 Å². The summed E-state index contributed by atoms with van der Waals surface area (Å²) in [7, 11) is 0.861. The van der Waals surface area contributed by atoms with Crippen molar-refractivity contribution in [2.45, 2.75) is 6.10 Å². The molecule has 1 saturated heterocycles. The summed E-state index contributed by atoms with van der Waals surface area (Å²) in [6, 6.07) is 0. The monoisotopic (exact) mass is 143 g/mol. The number of carbonyl (C=O) groups is 2. The van der Waals surface area contributed by atoms with Gasteiger partial charge in [-0.25, -0.2) is 4.79 Å². The predicted octanol–water partition coefficient (Wildman–Crippen LogP) is -1.41. The first-order valence-electron chi connectivity index (χ1n) is 2.56. The molecule has 0 amide bonds. The van der Waals surface area contributed by atoms with E-state index in [2.05, 4.69) is 9.31 Å². The summed E-state index contributed by atoms with van der Waals surface area (Å²) < 4.78 is 8.76. The normalized spacial score (nSPS) is 25.6. The van der Waals surface area contributed by atoms with E-state index in [4.69, 9.17) is 5.11 Å². The van der Waals surface area contributed by atoms with Gasteiger partial charge >= 0.3 is 13.7 Å². The largest absolute Gasteiger partial charge is 0.489 e. The highest BCUT2D eigenvalue weighted by molar-refractivity contribution is 6.23. The number of carboxylic acid groups (broad SMARTS) is 1. The van der Waals surface area contributed by atoms with Crippen molar-refractivity contribution in [2.75, 3.05) is 6.61 Å². The van der Waals surface area contributed by atoms with Crippen LogP contribution in [0.15, 0.2) is 0 Å². The number of rotatable bonds is 1. The first-order valence-corrected chi connectivity index (χ1v) is 2.56. The zero-order valence-corrected chi connectivity index (χ0v) is 4.94. The maximum absolute atomic E-state index is 10.6. The van der Waals surface area contributed by atoms with Crippen molar-refractivity contribution in [3.05, 3.63) is 0 Å². The summed E-state index contributed by atoms with van der Waals surface area (Å²) in [6.07, 6.45) is -1.38. The van der Waals surface area contributed by atoms with Crippen molar-refractivity contribution < 1.29 is 24.0 Å². The van der Waals surface area contributed by atoms with E-state index in [1.807, 2.05) is 0 Å². The molecule has 1 unspecified atom stereocenters. The molecule has 53 valence electrons. The number of Topliss-reactive ketones (excluding diaryl/α,β-unsaturated/α-hetero) is 1. The van der Waals surface area contributed by atoms with Crippen molar-refractivity contribution in [3.8, 4) is 0 Å². The third-order valence-electron chi connectivity index (χ3n) is 1.00. The van der Waals surface area contributed by atoms with E-state index in [1.54, 1.807) is 0 Å². The number of carboxylic acids is 1. The zero-order valence-electron chi connectivity index (χ0n) is 4.94. The van der Waals surface area contributed by atoms with Crippen LogP contribution in [0.3, 0.4) is 0 Å². The van der Waals surface area contributed by atoms with Crippen molar-refractivity contribution in [3.63, 3.8) is 0 Å². The lowest BCUT2D eigenvalue weighted by Gasteiger charge is -2.16. The second kappa shape index (κ2) is 2.81. The van der Waals surface area contributed by atoms with Gasteiger partial charge in [-0.15, -0.1) is 0 Å². The van der Waals surface area contributed by atoms with Crippen LogP contribution in [0.1, 0.15) is 0 Å². The maximum atomic E-state index is 10.6. The number of carbonyl (C=O) groups excluding carboxylic acids is 1. The van der Waals surface area contributed by atoms with Gasteiger partial charge in [-0.1, -0.05) is 0 Å². The van der Waals surface area contributed by atoms with Gasteiger partial charge in [0.25, 0.3) is 0 Å². The SMILES string of the molecule is O=C(O)C1O[B]OCC1=O. The highest BCUT2D eigenvalue weighted by Gasteiger charge is 2.30.